The second kappa shape index (κ2) is 6.10. The maximum absolute atomic E-state index is 13.1. The maximum Gasteiger partial charge on any atom is 0.258 e. The summed E-state index contributed by atoms with van der Waals surface area (Å²) in [6.07, 6.45) is 0.853. The predicted molar refractivity (Wildman–Crippen MR) is 59.8 cm³/mol. The number of benzene rings is 1. The van der Waals surface area contributed by atoms with Crippen molar-refractivity contribution in [2.24, 2.45) is 0 Å². The summed E-state index contributed by atoms with van der Waals surface area (Å²) < 4.78 is 18.2. The number of carbonyl (C=O) groups is 1. The van der Waals surface area contributed by atoms with Gasteiger partial charge in [-0.25, -0.2) is 4.39 Å². The molecule has 0 fully saturated rings. The van der Waals surface area contributed by atoms with Crippen molar-refractivity contribution in [3.63, 3.8) is 0 Å². The minimum Gasteiger partial charge on any atom is -0.481 e. The number of amides is 1. The summed E-state index contributed by atoms with van der Waals surface area (Å²) in [5.41, 5.74) is 0. The predicted octanol–water partition coefficient (Wildman–Crippen LogP) is 2.12. The molecule has 0 saturated carbocycles. The van der Waals surface area contributed by atoms with Crippen LogP contribution in [0.2, 0.25) is 0 Å². The fourth-order valence-electron chi connectivity index (χ4n) is 1.12. The molecule has 0 bridgehead atoms. The van der Waals surface area contributed by atoms with Crippen molar-refractivity contribution in [2.45, 2.75) is 26.3 Å². The Kier molecular flexibility index (Phi) is 4.76. The number of hydrogen-bond donors (Lipinski definition) is 1. The highest BCUT2D eigenvalue weighted by atomic mass is 19.1. The number of halogens is 1. The number of hydrogen-bond acceptors (Lipinski definition) is 2. The zero-order valence-electron chi connectivity index (χ0n) is 9.50. The van der Waals surface area contributed by atoms with Gasteiger partial charge in [0.15, 0.2) is 18.2 Å². The van der Waals surface area contributed by atoms with E-state index >= 15 is 0 Å². The van der Waals surface area contributed by atoms with E-state index in [-0.39, 0.29) is 24.3 Å². The van der Waals surface area contributed by atoms with Gasteiger partial charge in [0.05, 0.1) is 0 Å². The summed E-state index contributed by atoms with van der Waals surface area (Å²) in [7, 11) is 0. The molecule has 0 heterocycles. The zero-order chi connectivity index (χ0) is 12.0. The summed E-state index contributed by atoms with van der Waals surface area (Å²) in [4.78, 5) is 11.3. The minimum absolute atomic E-state index is 0.0989. The van der Waals surface area contributed by atoms with Crippen LogP contribution in [-0.4, -0.2) is 18.6 Å². The van der Waals surface area contributed by atoms with Crippen LogP contribution < -0.4 is 10.1 Å². The Morgan fingerprint density at radius 1 is 1.50 bits per heavy atom. The van der Waals surface area contributed by atoms with Crippen LogP contribution in [0.3, 0.4) is 0 Å². The average Bonchev–Trinajstić information content (AvgIpc) is 2.28. The van der Waals surface area contributed by atoms with Gasteiger partial charge in [-0.2, -0.15) is 0 Å². The fraction of sp³-hybridized carbons (Fsp3) is 0.417. The van der Waals surface area contributed by atoms with Crippen molar-refractivity contribution in [3.05, 3.63) is 30.1 Å². The lowest BCUT2D eigenvalue weighted by molar-refractivity contribution is -0.123. The van der Waals surface area contributed by atoms with Gasteiger partial charge in [0.2, 0.25) is 0 Å². The van der Waals surface area contributed by atoms with E-state index in [9.17, 15) is 9.18 Å². The molecular weight excluding hydrogens is 209 g/mol. The Bertz CT molecular complexity index is 355. The fourth-order valence-corrected chi connectivity index (χ4v) is 1.12. The lowest BCUT2D eigenvalue weighted by Gasteiger charge is -2.12. The van der Waals surface area contributed by atoms with E-state index in [0.717, 1.165) is 6.42 Å². The van der Waals surface area contributed by atoms with Gasteiger partial charge in [0.25, 0.3) is 5.91 Å². The largest absolute Gasteiger partial charge is 0.481 e. The molecule has 1 aromatic rings. The molecule has 16 heavy (non-hydrogen) atoms. The molecule has 1 unspecified atom stereocenters. The summed E-state index contributed by atoms with van der Waals surface area (Å²) in [6, 6.07) is 6.12. The molecule has 0 saturated heterocycles. The Hall–Kier alpha value is -1.58. The van der Waals surface area contributed by atoms with Crippen molar-refractivity contribution in [3.8, 4) is 5.75 Å². The van der Waals surface area contributed by atoms with Crippen molar-refractivity contribution in [2.75, 3.05) is 6.61 Å². The normalized spacial score (nSPS) is 11.9. The molecule has 0 aliphatic carbocycles. The van der Waals surface area contributed by atoms with E-state index < -0.39 is 5.82 Å². The van der Waals surface area contributed by atoms with Crippen LogP contribution >= 0.6 is 0 Å². The second-order valence-electron chi connectivity index (χ2n) is 3.60. The van der Waals surface area contributed by atoms with Crippen molar-refractivity contribution in [1.29, 1.82) is 0 Å². The molecule has 1 rings (SSSR count). The van der Waals surface area contributed by atoms with Gasteiger partial charge in [0, 0.05) is 6.04 Å². The third-order valence-electron chi connectivity index (χ3n) is 2.22. The molecule has 1 N–H and O–H groups in total. The zero-order valence-corrected chi connectivity index (χ0v) is 9.50. The molecule has 1 aromatic carbocycles. The van der Waals surface area contributed by atoms with Gasteiger partial charge in [-0.05, 0) is 25.5 Å². The van der Waals surface area contributed by atoms with Crippen LogP contribution in [0.1, 0.15) is 20.3 Å². The molecule has 0 aliphatic heterocycles. The Morgan fingerprint density at radius 2 is 2.19 bits per heavy atom. The number of para-hydroxylation sites is 1. The number of ether oxygens (including phenoxy) is 1. The van der Waals surface area contributed by atoms with Crippen LogP contribution in [0.25, 0.3) is 0 Å². The first-order chi connectivity index (χ1) is 7.63. The van der Waals surface area contributed by atoms with Gasteiger partial charge in [0.1, 0.15) is 0 Å². The summed E-state index contributed by atoms with van der Waals surface area (Å²) in [5.74, 6) is -0.599. The molecule has 0 radical (unpaired) electrons. The molecular formula is C12H16FNO2. The van der Waals surface area contributed by atoms with Crippen LogP contribution in [0.5, 0.6) is 5.75 Å². The van der Waals surface area contributed by atoms with E-state index in [2.05, 4.69) is 5.32 Å². The summed E-state index contributed by atoms with van der Waals surface area (Å²) in [6.45, 7) is 3.72. The van der Waals surface area contributed by atoms with Crippen molar-refractivity contribution < 1.29 is 13.9 Å². The smallest absolute Gasteiger partial charge is 0.258 e. The first kappa shape index (κ1) is 12.5. The van der Waals surface area contributed by atoms with E-state index in [1.54, 1.807) is 12.1 Å². The van der Waals surface area contributed by atoms with Crippen LogP contribution in [-0.2, 0) is 4.79 Å². The van der Waals surface area contributed by atoms with Gasteiger partial charge in [-0.3, -0.25) is 4.79 Å². The molecule has 88 valence electrons. The van der Waals surface area contributed by atoms with Gasteiger partial charge < -0.3 is 10.1 Å². The third kappa shape index (κ3) is 3.88. The van der Waals surface area contributed by atoms with E-state index in [4.69, 9.17) is 4.74 Å². The highest BCUT2D eigenvalue weighted by molar-refractivity contribution is 5.77. The Morgan fingerprint density at radius 3 is 2.81 bits per heavy atom. The Labute approximate surface area is 94.6 Å². The lowest BCUT2D eigenvalue weighted by Crippen LogP contribution is -2.35. The molecule has 0 spiro atoms. The minimum atomic E-state index is -0.459. The first-order valence-corrected chi connectivity index (χ1v) is 5.30. The van der Waals surface area contributed by atoms with Crippen LogP contribution in [0.15, 0.2) is 24.3 Å². The highest BCUT2D eigenvalue weighted by Crippen LogP contribution is 2.14. The van der Waals surface area contributed by atoms with Gasteiger partial charge >= 0.3 is 0 Å². The molecule has 1 atom stereocenters. The summed E-state index contributed by atoms with van der Waals surface area (Å²) in [5, 5.41) is 2.73. The Balaban J connectivity index is 2.40. The van der Waals surface area contributed by atoms with E-state index in [1.165, 1.54) is 12.1 Å². The molecule has 3 nitrogen and oxygen atoms in total. The molecule has 4 heteroatoms. The summed E-state index contributed by atoms with van der Waals surface area (Å²) >= 11 is 0. The number of carbonyl (C=O) groups excluding carboxylic acids is 1. The molecule has 0 aromatic heterocycles. The quantitative estimate of drug-likeness (QED) is 0.833. The van der Waals surface area contributed by atoms with Crippen LogP contribution in [0.4, 0.5) is 4.39 Å². The third-order valence-corrected chi connectivity index (χ3v) is 2.22. The standard InChI is InChI=1S/C12H16FNO2/c1-3-9(2)14-12(15)8-16-11-7-5-4-6-10(11)13/h4-7,9H,3,8H2,1-2H3,(H,14,15). The monoisotopic (exact) mass is 225 g/mol. The van der Waals surface area contributed by atoms with Crippen LogP contribution in [0, 0.1) is 5.82 Å². The molecule has 1 amide bonds. The van der Waals surface area contributed by atoms with Gasteiger partial charge in [-0.15, -0.1) is 0 Å². The maximum atomic E-state index is 13.1. The van der Waals surface area contributed by atoms with Crippen molar-refractivity contribution in [1.82, 2.24) is 5.32 Å². The molecule has 0 aliphatic rings. The van der Waals surface area contributed by atoms with Crippen molar-refractivity contribution >= 4 is 5.91 Å². The van der Waals surface area contributed by atoms with E-state index in [1.807, 2.05) is 13.8 Å². The average molecular weight is 225 g/mol. The topological polar surface area (TPSA) is 38.3 Å². The first-order valence-electron chi connectivity index (χ1n) is 5.30. The number of nitrogens with one attached hydrogen (secondary N) is 1. The lowest BCUT2D eigenvalue weighted by atomic mass is 10.2. The van der Waals surface area contributed by atoms with E-state index in [0.29, 0.717) is 0 Å². The number of rotatable bonds is 5. The highest BCUT2D eigenvalue weighted by Gasteiger charge is 2.07. The SMILES string of the molecule is CCC(C)NC(=O)COc1ccccc1F. The van der Waals surface area contributed by atoms with Gasteiger partial charge in [-0.1, -0.05) is 19.1 Å². The second-order valence-corrected chi connectivity index (χ2v) is 3.60.